The minimum Gasteiger partial charge on any atom is -0.497 e. The van der Waals surface area contributed by atoms with Gasteiger partial charge in [0, 0.05) is 12.5 Å². The second-order valence-electron chi connectivity index (χ2n) is 4.23. The molecule has 0 fully saturated rings. The smallest absolute Gasteiger partial charge is 0.342 e. The number of methoxy groups -OCH3 is 2. The Labute approximate surface area is 124 Å². The molecule has 0 heterocycles. The molecule has 0 saturated heterocycles. The van der Waals surface area contributed by atoms with Crippen molar-refractivity contribution in [2.45, 2.75) is 20.3 Å². The predicted octanol–water partition coefficient (Wildman–Crippen LogP) is 2.57. The number of ketones is 1. The number of esters is 1. The average molecular weight is 292 g/mol. The molecule has 0 bridgehead atoms. The van der Waals surface area contributed by atoms with Gasteiger partial charge in [-0.3, -0.25) is 4.79 Å². The third-order valence-electron chi connectivity index (χ3n) is 2.81. The first-order valence-electron chi connectivity index (χ1n) is 6.64. The Kier molecular flexibility index (Phi) is 6.46. The van der Waals surface area contributed by atoms with Gasteiger partial charge in [0.25, 0.3) is 0 Å². The number of carbonyl (C=O) groups is 2. The van der Waals surface area contributed by atoms with Gasteiger partial charge in [0.15, 0.2) is 5.78 Å². The van der Waals surface area contributed by atoms with Crippen molar-refractivity contribution in [1.82, 2.24) is 0 Å². The van der Waals surface area contributed by atoms with Gasteiger partial charge in [0.1, 0.15) is 17.1 Å². The third kappa shape index (κ3) is 4.34. The number of benzene rings is 1. The summed E-state index contributed by atoms with van der Waals surface area (Å²) < 4.78 is 15.4. The Balaban J connectivity index is 3.34. The zero-order valence-corrected chi connectivity index (χ0v) is 12.8. The molecule has 0 atom stereocenters. The molecular formula is C16H20O5. The van der Waals surface area contributed by atoms with E-state index in [9.17, 15) is 9.59 Å². The summed E-state index contributed by atoms with van der Waals surface area (Å²) in [7, 11) is 2.96. The van der Waals surface area contributed by atoms with Crippen molar-refractivity contribution in [3.8, 4) is 11.5 Å². The molecule has 1 rings (SSSR count). The largest absolute Gasteiger partial charge is 0.497 e. The van der Waals surface area contributed by atoms with Crippen LogP contribution in [0, 0.1) is 0 Å². The number of allylic oxidation sites excluding steroid dienone is 2. The van der Waals surface area contributed by atoms with Crippen molar-refractivity contribution < 1.29 is 23.8 Å². The first-order valence-corrected chi connectivity index (χ1v) is 6.64. The first kappa shape index (κ1) is 16.8. The van der Waals surface area contributed by atoms with E-state index >= 15 is 0 Å². The zero-order chi connectivity index (χ0) is 15.8. The molecular weight excluding hydrogens is 272 g/mol. The minimum atomic E-state index is -0.514. The highest BCUT2D eigenvalue weighted by molar-refractivity contribution is 5.98. The molecule has 114 valence electrons. The molecule has 1 aromatic carbocycles. The van der Waals surface area contributed by atoms with E-state index in [1.807, 2.05) is 0 Å². The standard InChI is InChI=1S/C16H20O5/c1-5-7-12(17)8-11-9-13(19-3)10-14(20-4)15(11)16(18)21-6-2/h5,7,9-10H,6,8H2,1-4H3/b7-5+. The molecule has 1 aromatic rings. The van der Waals surface area contributed by atoms with Crippen molar-refractivity contribution in [2.24, 2.45) is 0 Å². The number of ether oxygens (including phenoxy) is 3. The highest BCUT2D eigenvalue weighted by Gasteiger charge is 2.21. The maximum Gasteiger partial charge on any atom is 0.342 e. The lowest BCUT2D eigenvalue weighted by molar-refractivity contribution is -0.114. The summed E-state index contributed by atoms with van der Waals surface area (Å²) >= 11 is 0. The lowest BCUT2D eigenvalue weighted by Gasteiger charge is -2.14. The van der Waals surface area contributed by atoms with Crippen molar-refractivity contribution in [2.75, 3.05) is 20.8 Å². The molecule has 0 aromatic heterocycles. The van der Waals surface area contributed by atoms with E-state index in [4.69, 9.17) is 14.2 Å². The Morgan fingerprint density at radius 2 is 1.90 bits per heavy atom. The summed E-state index contributed by atoms with van der Waals surface area (Å²) in [5.74, 6) is 0.220. The second kappa shape index (κ2) is 8.09. The van der Waals surface area contributed by atoms with Crippen LogP contribution in [-0.2, 0) is 16.0 Å². The maximum absolute atomic E-state index is 12.1. The summed E-state index contributed by atoms with van der Waals surface area (Å²) in [6.45, 7) is 3.73. The lowest BCUT2D eigenvalue weighted by atomic mass is 10.0. The SMILES string of the molecule is C/C=C/C(=O)Cc1cc(OC)cc(OC)c1C(=O)OCC. The Hall–Kier alpha value is -2.30. The van der Waals surface area contributed by atoms with Gasteiger partial charge in [0.2, 0.25) is 0 Å². The topological polar surface area (TPSA) is 61.8 Å². The first-order chi connectivity index (χ1) is 10.1. The van der Waals surface area contributed by atoms with E-state index in [2.05, 4.69) is 0 Å². The summed E-state index contributed by atoms with van der Waals surface area (Å²) in [5, 5.41) is 0. The molecule has 0 amide bonds. The van der Waals surface area contributed by atoms with Gasteiger partial charge in [-0.15, -0.1) is 0 Å². The fourth-order valence-electron chi connectivity index (χ4n) is 1.93. The molecule has 0 aliphatic heterocycles. The van der Waals surface area contributed by atoms with Crippen LogP contribution >= 0.6 is 0 Å². The molecule has 0 radical (unpaired) electrons. The van der Waals surface area contributed by atoms with Crippen LogP contribution in [-0.4, -0.2) is 32.6 Å². The van der Waals surface area contributed by atoms with E-state index in [0.29, 0.717) is 17.1 Å². The van der Waals surface area contributed by atoms with Crippen LogP contribution in [0.5, 0.6) is 11.5 Å². The zero-order valence-electron chi connectivity index (χ0n) is 12.8. The molecule has 0 N–H and O–H groups in total. The van der Waals surface area contributed by atoms with Gasteiger partial charge >= 0.3 is 5.97 Å². The van der Waals surface area contributed by atoms with Crippen LogP contribution < -0.4 is 9.47 Å². The van der Waals surface area contributed by atoms with E-state index < -0.39 is 5.97 Å². The maximum atomic E-state index is 12.1. The Bertz CT molecular complexity index is 546. The number of rotatable bonds is 7. The molecule has 21 heavy (non-hydrogen) atoms. The van der Waals surface area contributed by atoms with Crippen molar-refractivity contribution in [1.29, 1.82) is 0 Å². The van der Waals surface area contributed by atoms with Crippen molar-refractivity contribution in [3.63, 3.8) is 0 Å². The van der Waals surface area contributed by atoms with Crippen LogP contribution in [0.2, 0.25) is 0 Å². The fourth-order valence-corrected chi connectivity index (χ4v) is 1.93. The molecule has 0 unspecified atom stereocenters. The van der Waals surface area contributed by atoms with E-state index in [1.54, 1.807) is 32.1 Å². The highest BCUT2D eigenvalue weighted by atomic mass is 16.5. The van der Waals surface area contributed by atoms with Crippen molar-refractivity contribution in [3.05, 3.63) is 35.4 Å². The minimum absolute atomic E-state index is 0.0754. The second-order valence-corrected chi connectivity index (χ2v) is 4.23. The van der Waals surface area contributed by atoms with E-state index in [0.717, 1.165) is 0 Å². The average Bonchev–Trinajstić information content (AvgIpc) is 2.46. The van der Waals surface area contributed by atoms with Gasteiger partial charge in [-0.2, -0.15) is 0 Å². The van der Waals surface area contributed by atoms with Gasteiger partial charge in [-0.05, 0) is 31.6 Å². The molecule has 0 spiro atoms. The number of carbonyl (C=O) groups excluding carboxylic acids is 2. The Morgan fingerprint density at radius 3 is 2.43 bits per heavy atom. The Morgan fingerprint density at radius 1 is 1.19 bits per heavy atom. The van der Waals surface area contributed by atoms with Gasteiger partial charge < -0.3 is 14.2 Å². The normalized spacial score (nSPS) is 10.5. The molecule has 5 heteroatoms. The van der Waals surface area contributed by atoms with E-state index in [-0.39, 0.29) is 24.4 Å². The summed E-state index contributed by atoms with van der Waals surface area (Å²) in [6, 6.07) is 3.24. The van der Waals surface area contributed by atoms with Gasteiger partial charge in [-0.1, -0.05) is 6.08 Å². The van der Waals surface area contributed by atoms with E-state index in [1.165, 1.54) is 20.3 Å². The summed E-state index contributed by atoms with van der Waals surface area (Å²) in [5.41, 5.74) is 0.783. The van der Waals surface area contributed by atoms with Crippen LogP contribution in [0.25, 0.3) is 0 Å². The highest BCUT2D eigenvalue weighted by Crippen LogP contribution is 2.30. The van der Waals surface area contributed by atoms with Gasteiger partial charge in [-0.25, -0.2) is 4.79 Å². The van der Waals surface area contributed by atoms with Gasteiger partial charge in [0.05, 0.1) is 20.8 Å². The van der Waals surface area contributed by atoms with Crippen LogP contribution in [0.3, 0.4) is 0 Å². The third-order valence-corrected chi connectivity index (χ3v) is 2.81. The van der Waals surface area contributed by atoms with Crippen LogP contribution in [0.4, 0.5) is 0 Å². The number of hydrogen-bond acceptors (Lipinski definition) is 5. The lowest BCUT2D eigenvalue weighted by Crippen LogP contribution is -2.13. The molecule has 5 nitrogen and oxygen atoms in total. The molecule has 0 aliphatic rings. The summed E-state index contributed by atoms with van der Waals surface area (Å²) in [4.78, 5) is 23.9. The molecule has 0 aliphatic carbocycles. The fraction of sp³-hybridized carbons (Fsp3) is 0.375. The summed E-state index contributed by atoms with van der Waals surface area (Å²) in [6.07, 6.45) is 3.19. The van der Waals surface area contributed by atoms with Crippen molar-refractivity contribution >= 4 is 11.8 Å². The van der Waals surface area contributed by atoms with Crippen LogP contribution in [0.15, 0.2) is 24.3 Å². The van der Waals surface area contributed by atoms with Crippen LogP contribution in [0.1, 0.15) is 29.8 Å². The quantitative estimate of drug-likeness (QED) is 0.571. The monoisotopic (exact) mass is 292 g/mol. The number of hydrogen-bond donors (Lipinski definition) is 0. The molecule has 0 saturated carbocycles. The predicted molar refractivity (Wildman–Crippen MR) is 79.0 cm³/mol.